The molecule has 0 spiro atoms. The minimum atomic E-state index is -0.353. The molecule has 3 aromatic rings. The number of carbonyl (C=O) groups excluding carboxylic acids is 1. The molecular formula is C22H21NO4. The van der Waals surface area contributed by atoms with Gasteiger partial charge in [-0.2, -0.15) is 0 Å². The van der Waals surface area contributed by atoms with Crippen LogP contribution in [-0.4, -0.2) is 19.6 Å². The summed E-state index contributed by atoms with van der Waals surface area (Å²) in [6.07, 6.45) is 0. The maximum atomic E-state index is 11.4. The number of anilines is 1. The van der Waals surface area contributed by atoms with Gasteiger partial charge in [-0.3, -0.25) is 4.79 Å². The number of ether oxygens (including phenoxy) is 3. The van der Waals surface area contributed by atoms with Gasteiger partial charge < -0.3 is 19.5 Å². The number of esters is 1. The van der Waals surface area contributed by atoms with Crippen molar-refractivity contribution in [1.29, 1.82) is 0 Å². The van der Waals surface area contributed by atoms with Gasteiger partial charge in [-0.15, -0.1) is 0 Å². The highest BCUT2D eigenvalue weighted by Crippen LogP contribution is 2.32. The summed E-state index contributed by atoms with van der Waals surface area (Å²) in [5, 5.41) is 3.04. The van der Waals surface area contributed by atoms with Crippen LogP contribution in [0.25, 0.3) is 0 Å². The third kappa shape index (κ3) is 5.51. The molecule has 0 aliphatic carbocycles. The molecule has 3 aromatic carbocycles. The summed E-state index contributed by atoms with van der Waals surface area (Å²) >= 11 is 0. The first-order chi connectivity index (χ1) is 13.2. The van der Waals surface area contributed by atoms with Gasteiger partial charge in [0.2, 0.25) is 0 Å². The summed E-state index contributed by atoms with van der Waals surface area (Å²) in [6.45, 7) is 0.458. The molecule has 0 aromatic heterocycles. The number of nitrogens with one attached hydrogen (secondary N) is 1. The highest BCUT2D eigenvalue weighted by Gasteiger charge is 2.09. The lowest BCUT2D eigenvalue weighted by Crippen LogP contribution is -2.15. The van der Waals surface area contributed by atoms with Crippen molar-refractivity contribution in [1.82, 2.24) is 0 Å². The summed E-state index contributed by atoms with van der Waals surface area (Å²) in [4.78, 5) is 11.4. The molecule has 138 valence electrons. The fraction of sp³-hybridized carbons (Fsp3) is 0.136. The Kier molecular flexibility index (Phi) is 6.30. The van der Waals surface area contributed by atoms with Crippen LogP contribution in [0.2, 0.25) is 0 Å². The van der Waals surface area contributed by atoms with Crippen molar-refractivity contribution in [2.24, 2.45) is 0 Å². The van der Waals surface area contributed by atoms with Crippen LogP contribution in [0.4, 0.5) is 5.69 Å². The summed E-state index contributed by atoms with van der Waals surface area (Å²) < 4.78 is 16.5. The molecule has 0 heterocycles. The van der Waals surface area contributed by atoms with Gasteiger partial charge in [0, 0.05) is 6.07 Å². The average Bonchev–Trinajstić information content (AvgIpc) is 2.72. The third-order valence-electron chi connectivity index (χ3n) is 3.82. The maximum absolute atomic E-state index is 11.4. The Hall–Kier alpha value is -3.47. The average molecular weight is 363 g/mol. The number of hydrogen-bond donors (Lipinski definition) is 1. The van der Waals surface area contributed by atoms with E-state index in [1.54, 1.807) is 6.07 Å². The first-order valence-corrected chi connectivity index (χ1v) is 8.59. The molecule has 0 saturated carbocycles. The smallest absolute Gasteiger partial charge is 0.325 e. The Labute approximate surface area is 158 Å². The van der Waals surface area contributed by atoms with Crippen LogP contribution < -0.4 is 14.8 Å². The van der Waals surface area contributed by atoms with E-state index in [-0.39, 0.29) is 12.5 Å². The van der Waals surface area contributed by atoms with E-state index in [2.05, 4.69) is 10.1 Å². The predicted octanol–water partition coefficient (Wildman–Crippen LogP) is 4.64. The quantitative estimate of drug-likeness (QED) is 0.591. The van der Waals surface area contributed by atoms with E-state index in [9.17, 15) is 4.79 Å². The molecule has 0 atom stereocenters. The number of hydrogen-bond acceptors (Lipinski definition) is 5. The molecular weight excluding hydrogens is 342 g/mol. The molecule has 0 fully saturated rings. The molecule has 27 heavy (non-hydrogen) atoms. The van der Waals surface area contributed by atoms with E-state index in [1.165, 1.54) is 7.11 Å². The SMILES string of the molecule is COC(=O)CNc1ccc(Oc2ccccc2)cc1OCc1ccccc1. The van der Waals surface area contributed by atoms with Crippen molar-refractivity contribution in [3.63, 3.8) is 0 Å². The zero-order chi connectivity index (χ0) is 18.9. The number of methoxy groups -OCH3 is 1. The molecule has 0 radical (unpaired) electrons. The molecule has 5 heteroatoms. The van der Waals surface area contributed by atoms with E-state index in [0.29, 0.717) is 23.8 Å². The number of carbonyl (C=O) groups is 1. The van der Waals surface area contributed by atoms with Gasteiger partial charge in [0.15, 0.2) is 0 Å². The number of para-hydroxylation sites is 1. The molecule has 1 N–H and O–H groups in total. The second-order valence-corrected chi connectivity index (χ2v) is 5.78. The summed E-state index contributed by atoms with van der Waals surface area (Å²) in [6, 6.07) is 24.8. The van der Waals surface area contributed by atoms with Gasteiger partial charge >= 0.3 is 5.97 Å². The minimum absolute atomic E-state index is 0.0527. The second-order valence-electron chi connectivity index (χ2n) is 5.78. The lowest BCUT2D eigenvalue weighted by Gasteiger charge is -2.15. The van der Waals surface area contributed by atoms with E-state index in [1.807, 2.05) is 72.8 Å². The molecule has 0 bridgehead atoms. The van der Waals surface area contributed by atoms with Gasteiger partial charge in [0.1, 0.15) is 30.4 Å². The van der Waals surface area contributed by atoms with E-state index in [0.717, 1.165) is 11.3 Å². The Balaban J connectivity index is 1.77. The van der Waals surface area contributed by atoms with E-state index < -0.39 is 0 Å². The monoisotopic (exact) mass is 363 g/mol. The molecule has 0 aliphatic rings. The van der Waals surface area contributed by atoms with Gasteiger partial charge in [-0.05, 0) is 29.8 Å². The Morgan fingerprint density at radius 2 is 1.59 bits per heavy atom. The van der Waals surface area contributed by atoms with Crippen LogP contribution in [0.5, 0.6) is 17.2 Å². The second kappa shape index (κ2) is 9.29. The zero-order valence-electron chi connectivity index (χ0n) is 15.1. The Morgan fingerprint density at radius 1 is 0.889 bits per heavy atom. The van der Waals surface area contributed by atoms with E-state index >= 15 is 0 Å². The topological polar surface area (TPSA) is 56.8 Å². The molecule has 0 amide bonds. The van der Waals surface area contributed by atoms with Crippen LogP contribution in [-0.2, 0) is 16.1 Å². The number of benzene rings is 3. The first-order valence-electron chi connectivity index (χ1n) is 8.59. The fourth-order valence-electron chi connectivity index (χ4n) is 2.43. The lowest BCUT2D eigenvalue weighted by molar-refractivity contribution is -0.138. The molecule has 3 rings (SSSR count). The maximum Gasteiger partial charge on any atom is 0.325 e. The summed E-state index contributed by atoms with van der Waals surface area (Å²) in [5.41, 5.74) is 1.74. The Morgan fingerprint density at radius 3 is 2.30 bits per heavy atom. The van der Waals surface area contributed by atoms with Crippen molar-refractivity contribution in [3.05, 3.63) is 84.4 Å². The van der Waals surface area contributed by atoms with Crippen molar-refractivity contribution in [2.75, 3.05) is 19.0 Å². The van der Waals surface area contributed by atoms with Crippen molar-refractivity contribution < 1.29 is 19.0 Å². The molecule has 0 saturated heterocycles. The predicted molar refractivity (Wildman–Crippen MR) is 104 cm³/mol. The van der Waals surface area contributed by atoms with Gasteiger partial charge in [0.25, 0.3) is 0 Å². The fourth-order valence-corrected chi connectivity index (χ4v) is 2.43. The number of rotatable bonds is 8. The largest absolute Gasteiger partial charge is 0.487 e. The highest BCUT2D eigenvalue weighted by molar-refractivity contribution is 5.76. The van der Waals surface area contributed by atoms with Crippen LogP contribution in [0.1, 0.15) is 5.56 Å². The molecule has 0 unspecified atom stereocenters. The van der Waals surface area contributed by atoms with Gasteiger partial charge in [-0.25, -0.2) is 0 Å². The van der Waals surface area contributed by atoms with Crippen LogP contribution in [0, 0.1) is 0 Å². The van der Waals surface area contributed by atoms with E-state index in [4.69, 9.17) is 9.47 Å². The zero-order valence-corrected chi connectivity index (χ0v) is 15.1. The van der Waals surface area contributed by atoms with Crippen molar-refractivity contribution in [3.8, 4) is 17.2 Å². The molecule has 5 nitrogen and oxygen atoms in total. The summed E-state index contributed by atoms with van der Waals surface area (Å²) in [5.74, 6) is 1.62. The lowest BCUT2D eigenvalue weighted by atomic mass is 10.2. The normalized spacial score (nSPS) is 10.1. The highest BCUT2D eigenvalue weighted by atomic mass is 16.5. The minimum Gasteiger partial charge on any atom is -0.487 e. The van der Waals surface area contributed by atoms with Crippen molar-refractivity contribution in [2.45, 2.75) is 6.61 Å². The van der Waals surface area contributed by atoms with Crippen LogP contribution in [0.15, 0.2) is 78.9 Å². The van der Waals surface area contributed by atoms with Gasteiger partial charge in [-0.1, -0.05) is 48.5 Å². The standard InChI is InChI=1S/C22H21NO4/c1-25-22(24)15-23-20-13-12-19(27-18-10-6-3-7-11-18)14-21(20)26-16-17-8-4-2-5-9-17/h2-14,23H,15-16H2,1H3. The van der Waals surface area contributed by atoms with Crippen molar-refractivity contribution >= 4 is 11.7 Å². The van der Waals surface area contributed by atoms with Gasteiger partial charge in [0.05, 0.1) is 12.8 Å². The molecule has 0 aliphatic heterocycles. The third-order valence-corrected chi connectivity index (χ3v) is 3.82. The van der Waals surface area contributed by atoms with Crippen LogP contribution >= 0.6 is 0 Å². The first kappa shape index (κ1) is 18.3. The summed E-state index contributed by atoms with van der Waals surface area (Å²) in [7, 11) is 1.35. The Bertz CT molecular complexity index is 866. The van der Waals surface area contributed by atoms with Crippen LogP contribution in [0.3, 0.4) is 0 Å².